The molecule has 0 spiro atoms. The number of rotatable bonds is 27. The Kier molecular flexibility index (Phi) is 25.0. The highest BCUT2D eigenvalue weighted by atomic mass is 16.5. The van der Waals surface area contributed by atoms with Gasteiger partial charge in [0.1, 0.15) is 12.1 Å². The van der Waals surface area contributed by atoms with Crippen molar-refractivity contribution in [3.05, 3.63) is 48.0 Å². The molecular weight excluding hydrogens is 943 g/mol. The lowest BCUT2D eigenvalue weighted by molar-refractivity contribution is -0.141. The lowest BCUT2D eigenvalue weighted by Crippen LogP contribution is -2.51. The van der Waals surface area contributed by atoms with Crippen LogP contribution >= 0.6 is 0 Å². The highest BCUT2D eigenvalue weighted by molar-refractivity contribution is 5.87. The largest absolute Gasteiger partial charge is 0.481 e. The summed E-state index contributed by atoms with van der Waals surface area (Å²) in [4.78, 5) is 104. The van der Waals surface area contributed by atoms with E-state index in [1.54, 1.807) is 14.7 Å². The van der Waals surface area contributed by atoms with E-state index in [1.165, 1.54) is 0 Å². The molecule has 1 saturated carbocycles. The minimum atomic E-state index is -1.62. The maximum absolute atomic E-state index is 13.8. The molecule has 12 N–H and O–H groups in total. The number of hydrogen-bond donors (Lipinski definition) is 12. The van der Waals surface area contributed by atoms with Crippen LogP contribution < -0.4 is 26.6 Å². The molecule has 1 heterocycles. The van der Waals surface area contributed by atoms with Crippen molar-refractivity contribution in [3.8, 4) is 0 Å². The predicted molar refractivity (Wildman–Crippen MR) is 261 cm³/mol. The number of nitrogens with zero attached hydrogens (tertiary/aromatic N) is 4. The second-order valence-corrected chi connectivity index (χ2v) is 18.6. The standard InChI is InChI=1S/C48H73N9O15/c58-40(28-54-17-19-55(29-42(61)62)21-23-57(31-44(65)66)24-22-56(20-18-54)30-43(63)64)51-36-12-9-32(10-13-36)27-50-39(26-33-8-11-34-5-1-2-6-35(34)25-33)45(67)49-16-4-3-7-37(46(68)69)52-48(72)53-38(47(70)71)14-15-41(59)60/h1-2,5-6,8,11,25,32,36-39,42,50,61-62H,3-4,7,9-10,12-24,26-31H2,(H,49,67)(H,51,58)(H,59,60)(H,63,64)(H,65,66)(H,68,69)(H,70,71)(H2,52,53,72)/t32?,36?,37-,38-,39-/m0/s1. The number of nitrogens with one attached hydrogen (secondary N) is 5. The van der Waals surface area contributed by atoms with Crippen molar-refractivity contribution in [1.29, 1.82) is 0 Å². The van der Waals surface area contributed by atoms with Gasteiger partial charge in [0.15, 0.2) is 6.29 Å². The number of unbranched alkanes of at least 4 members (excludes halogenated alkanes) is 1. The monoisotopic (exact) mass is 1020 g/mol. The van der Waals surface area contributed by atoms with E-state index in [2.05, 4.69) is 26.6 Å². The van der Waals surface area contributed by atoms with Crippen LogP contribution in [-0.4, -0.2) is 225 Å². The maximum atomic E-state index is 13.8. The van der Waals surface area contributed by atoms with Gasteiger partial charge in [-0.1, -0.05) is 42.5 Å². The first-order valence-corrected chi connectivity index (χ1v) is 24.5. The SMILES string of the molecule is O=C(O)CC[C@H](NC(=O)N[C@@H](CCCCNC(=O)[C@H](Cc1ccc2ccccc2c1)NCC1CCC(NC(=O)CN2CCN(CC(=O)O)CCN(CC(=O)O)CCN(CC(O)O)CC2)CC1)C(=O)O)C(=O)O. The summed E-state index contributed by atoms with van der Waals surface area (Å²) in [5.41, 5.74) is 0.947. The Morgan fingerprint density at radius 2 is 1.14 bits per heavy atom. The third-order valence-corrected chi connectivity index (χ3v) is 12.9. The summed E-state index contributed by atoms with van der Waals surface area (Å²) < 4.78 is 0. The Morgan fingerprint density at radius 3 is 1.68 bits per heavy atom. The number of β-amino-alcohol motifs (C(OH)–C–C–N with tert-alkyl or cyclic N) is 2. The molecule has 0 bridgehead atoms. The number of aliphatic hydroxyl groups is 2. The molecule has 4 rings (SSSR count). The Balaban J connectivity index is 1.29. The van der Waals surface area contributed by atoms with Gasteiger partial charge in [-0.05, 0) is 86.6 Å². The van der Waals surface area contributed by atoms with Gasteiger partial charge in [-0.25, -0.2) is 14.4 Å². The number of carboxylic acids is 5. The Labute approximate surface area is 418 Å². The molecule has 24 heteroatoms. The smallest absolute Gasteiger partial charge is 0.326 e. The molecule has 2 aromatic rings. The maximum Gasteiger partial charge on any atom is 0.326 e. The predicted octanol–water partition coefficient (Wildman–Crippen LogP) is -0.926. The number of hydrogen-bond acceptors (Lipinski definition) is 15. The number of amides is 4. The minimum Gasteiger partial charge on any atom is -0.481 e. The molecular formula is C48H73N9O15. The van der Waals surface area contributed by atoms with Crippen LogP contribution in [0.3, 0.4) is 0 Å². The number of carbonyl (C=O) groups is 8. The van der Waals surface area contributed by atoms with Crippen LogP contribution in [0.1, 0.15) is 63.4 Å². The van der Waals surface area contributed by atoms with Gasteiger partial charge in [0.05, 0.1) is 25.7 Å². The summed E-state index contributed by atoms with van der Waals surface area (Å²) in [5, 5.41) is 82.4. The normalized spacial score (nSPS) is 19.2. The molecule has 400 valence electrons. The van der Waals surface area contributed by atoms with E-state index in [9.17, 15) is 69.0 Å². The van der Waals surface area contributed by atoms with Crippen LogP contribution in [0.25, 0.3) is 10.8 Å². The molecule has 72 heavy (non-hydrogen) atoms. The van der Waals surface area contributed by atoms with Crippen LogP contribution in [0.4, 0.5) is 4.79 Å². The molecule has 2 fully saturated rings. The van der Waals surface area contributed by atoms with E-state index in [1.807, 2.05) is 47.4 Å². The number of urea groups is 1. The number of carboxylic acid groups (broad SMARTS) is 5. The van der Waals surface area contributed by atoms with Crippen molar-refractivity contribution in [3.63, 3.8) is 0 Å². The molecule has 0 unspecified atom stereocenters. The van der Waals surface area contributed by atoms with Crippen molar-refractivity contribution < 1.29 is 74.1 Å². The van der Waals surface area contributed by atoms with Crippen LogP contribution in [-0.2, 0) is 40.0 Å². The summed E-state index contributed by atoms with van der Waals surface area (Å²) in [5.74, 6) is -6.35. The molecule has 1 aliphatic heterocycles. The second kappa shape index (κ2) is 30.8. The summed E-state index contributed by atoms with van der Waals surface area (Å²) in [7, 11) is 0. The number of benzene rings is 2. The third-order valence-electron chi connectivity index (χ3n) is 12.9. The molecule has 2 aliphatic rings. The van der Waals surface area contributed by atoms with Gasteiger partial charge in [0, 0.05) is 77.9 Å². The van der Waals surface area contributed by atoms with E-state index in [0.29, 0.717) is 71.5 Å². The van der Waals surface area contributed by atoms with Gasteiger partial charge in [-0.3, -0.25) is 43.6 Å². The summed E-state index contributed by atoms with van der Waals surface area (Å²) >= 11 is 0. The zero-order chi connectivity index (χ0) is 52.6. The zero-order valence-electron chi connectivity index (χ0n) is 40.7. The summed E-state index contributed by atoms with van der Waals surface area (Å²) in [6, 6.07) is 9.27. The number of aliphatic carboxylic acids is 5. The zero-order valence-corrected chi connectivity index (χ0v) is 40.7. The number of carbonyl (C=O) groups excluding carboxylic acids is 3. The molecule has 1 aliphatic carbocycles. The molecule has 2 aromatic carbocycles. The first-order chi connectivity index (χ1) is 34.3. The summed E-state index contributed by atoms with van der Waals surface area (Å²) in [6.07, 6.45) is 1.48. The average Bonchev–Trinajstić information content (AvgIpc) is 3.31. The quantitative estimate of drug-likeness (QED) is 0.0380. The van der Waals surface area contributed by atoms with Crippen LogP contribution in [0, 0.1) is 5.92 Å². The van der Waals surface area contributed by atoms with E-state index in [-0.39, 0.29) is 88.8 Å². The van der Waals surface area contributed by atoms with Gasteiger partial charge in [-0.15, -0.1) is 0 Å². The van der Waals surface area contributed by atoms with Crippen molar-refractivity contribution >= 4 is 58.5 Å². The van der Waals surface area contributed by atoms with Gasteiger partial charge < -0.3 is 62.3 Å². The van der Waals surface area contributed by atoms with E-state index in [4.69, 9.17) is 5.11 Å². The Bertz CT molecular complexity index is 2110. The molecule has 3 atom stereocenters. The fraction of sp³-hybridized carbons (Fsp3) is 0.625. The van der Waals surface area contributed by atoms with Gasteiger partial charge in [0.2, 0.25) is 11.8 Å². The number of fused-ring (bicyclic) bond motifs is 1. The molecule has 0 aromatic heterocycles. The van der Waals surface area contributed by atoms with Gasteiger partial charge >= 0.3 is 35.9 Å². The Morgan fingerprint density at radius 1 is 0.597 bits per heavy atom. The first-order valence-electron chi connectivity index (χ1n) is 24.5. The highest BCUT2D eigenvalue weighted by Crippen LogP contribution is 2.24. The van der Waals surface area contributed by atoms with Crippen molar-refractivity contribution in [2.45, 2.75) is 94.7 Å². The average molecular weight is 1020 g/mol. The van der Waals surface area contributed by atoms with Gasteiger partial charge in [-0.2, -0.15) is 0 Å². The van der Waals surface area contributed by atoms with E-state index < -0.39 is 66.7 Å². The molecule has 4 amide bonds. The Hall–Kier alpha value is -6.02. The molecule has 0 radical (unpaired) electrons. The van der Waals surface area contributed by atoms with Crippen LogP contribution in [0.5, 0.6) is 0 Å². The lowest BCUT2D eigenvalue weighted by atomic mass is 9.85. The first kappa shape index (κ1) is 58.5. The molecule has 1 saturated heterocycles. The van der Waals surface area contributed by atoms with E-state index in [0.717, 1.165) is 29.2 Å². The van der Waals surface area contributed by atoms with E-state index >= 15 is 0 Å². The fourth-order valence-electron chi connectivity index (χ4n) is 8.95. The third kappa shape index (κ3) is 22.6. The highest BCUT2D eigenvalue weighted by Gasteiger charge is 2.28. The van der Waals surface area contributed by atoms with Crippen molar-refractivity contribution in [2.24, 2.45) is 5.92 Å². The van der Waals surface area contributed by atoms with Gasteiger partial charge in [0.25, 0.3) is 0 Å². The van der Waals surface area contributed by atoms with Crippen molar-refractivity contribution in [1.82, 2.24) is 46.2 Å². The second-order valence-electron chi connectivity index (χ2n) is 18.6. The van der Waals surface area contributed by atoms with Crippen LogP contribution in [0.15, 0.2) is 42.5 Å². The fourth-order valence-corrected chi connectivity index (χ4v) is 8.95. The van der Waals surface area contributed by atoms with Crippen LogP contribution in [0.2, 0.25) is 0 Å². The topological polar surface area (TPSA) is 351 Å². The minimum absolute atomic E-state index is 0.0210. The lowest BCUT2D eigenvalue weighted by Gasteiger charge is -2.34. The molecule has 24 nitrogen and oxygen atoms in total. The summed E-state index contributed by atoms with van der Waals surface area (Å²) in [6.45, 7) is 2.82. The number of aliphatic hydroxyl groups excluding tert-OH is 1. The van der Waals surface area contributed by atoms with Crippen molar-refractivity contribution in [2.75, 3.05) is 91.6 Å².